The zero-order valence-electron chi connectivity index (χ0n) is 15.9. The van der Waals surface area contributed by atoms with Crippen LogP contribution in [0.4, 0.5) is 0 Å². The third kappa shape index (κ3) is 3.07. The Kier molecular flexibility index (Phi) is 4.37. The van der Waals surface area contributed by atoms with Crippen LogP contribution in [-0.4, -0.2) is 0 Å². The van der Waals surface area contributed by atoms with E-state index < -0.39 is 0 Å². The fourth-order valence-corrected chi connectivity index (χ4v) is 4.05. The number of fused-ring (bicyclic) bond motifs is 6. The minimum absolute atomic E-state index is 1.07. The van der Waals surface area contributed by atoms with Gasteiger partial charge in [-0.05, 0) is 24.3 Å². The smallest absolute Gasteiger partial charge is 0.187 e. The van der Waals surface area contributed by atoms with Crippen molar-refractivity contribution in [2.24, 2.45) is 0 Å². The molecule has 0 radical (unpaired) electrons. The highest BCUT2D eigenvalue weighted by Crippen LogP contribution is 2.12. The van der Waals surface area contributed by atoms with E-state index in [0.717, 1.165) is 26.2 Å². The lowest BCUT2D eigenvalue weighted by Gasteiger charge is -2.08. The van der Waals surface area contributed by atoms with E-state index in [-0.39, 0.29) is 0 Å². The molecule has 0 spiro atoms. The van der Waals surface area contributed by atoms with Crippen LogP contribution in [0, 0.1) is 0 Å². The van der Waals surface area contributed by atoms with Crippen LogP contribution >= 0.6 is 0 Å². The molecule has 0 bridgehead atoms. The van der Waals surface area contributed by atoms with E-state index in [2.05, 4.69) is 116 Å². The van der Waals surface area contributed by atoms with E-state index >= 15 is 0 Å². The van der Waals surface area contributed by atoms with E-state index in [0.29, 0.717) is 0 Å². The van der Waals surface area contributed by atoms with Gasteiger partial charge in [-0.3, -0.25) is 0 Å². The van der Waals surface area contributed by atoms with E-state index in [1.807, 2.05) is 0 Å². The number of pyridine rings is 4. The molecule has 6 rings (SSSR count). The molecule has 2 aliphatic rings. The summed E-state index contributed by atoms with van der Waals surface area (Å²) in [7, 11) is 0. The summed E-state index contributed by atoms with van der Waals surface area (Å²) in [6.45, 7) is 4.27. The molecular weight excluding hydrogens is 344 g/mol. The molecule has 136 valence electrons. The number of rotatable bonds is 0. The molecule has 0 aromatic carbocycles. The molecule has 4 aromatic heterocycles. The van der Waals surface area contributed by atoms with Gasteiger partial charge in [-0.1, -0.05) is 0 Å². The number of hydrogen-bond donors (Lipinski definition) is 0. The number of nitrogens with zero attached hydrogens (tertiary/aromatic N) is 4. The Labute approximate surface area is 165 Å². The summed E-state index contributed by atoms with van der Waals surface area (Å²) in [5.41, 5.74) is 5.22. The van der Waals surface area contributed by atoms with Crippen LogP contribution in [0.2, 0.25) is 0 Å². The maximum atomic E-state index is 2.30. The van der Waals surface area contributed by atoms with Crippen LogP contribution in [0.3, 0.4) is 0 Å². The maximum absolute atomic E-state index is 2.30. The summed E-state index contributed by atoms with van der Waals surface area (Å²) in [5, 5.41) is 0. The Morgan fingerprint density at radius 3 is 0.857 bits per heavy atom. The quantitative estimate of drug-likeness (QED) is 0.421. The van der Waals surface area contributed by atoms with Crippen LogP contribution in [0.25, 0.3) is 22.8 Å². The average molecular weight is 368 g/mol. The van der Waals surface area contributed by atoms with Gasteiger partial charge < -0.3 is 0 Å². The molecule has 2 aliphatic heterocycles. The second-order valence-corrected chi connectivity index (χ2v) is 7.12. The van der Waals surface area contributed by atoms with Crippen LogP contribution < -0.4 is 18.3 Å². The van der Waals surface area contributed by atoms with Crippen molar-refractivity contribution in [1.82, 2.24) is 0 Å². The summed E-state index contributed by atoms with van der Waals surface area (Å²) in [4.78, 5) is 0. The highest BCUT2D eigenvalue weighted by atomic mass is 15.1. The van der Waals surface area contributed by atoms with Crippen molar-refractivity contribution in [2.45, 2.75) is 26.2 Å². The minimum Gasteiger partial charge on any atom is -0.187 e. The molecule has 4 heteroatoms. The topological polar surface area (TPSA) is 15.5 Å². The third-order valence-corrected chi connectivity index (χ3v) is 5.45. The highest BCUT2D eigenvalue weighted by Gasteiger charge is 2.28. The molecule has 0 unspecified atom stereocenters. The molecular formula is C24H24N4+4. The minimum atomic E-state index is 1.07. The molecule has 6 heterocycles. The summed E-state index contributed by atoms with van der Waals surface area (Å²) >= 11 is 0. The Bertz CT molecular complexity index is 955. The monoisotopic (exact) mass is 368 g/mol. The molecule has 4 aromatic rings. The van der Waals surface area contributed by atoms with Crippen LogP contribution in [0.15, 0.2) is 97.6 Å². The van der Waals surface area contributed by atoms with Gasteiger partial charge in [0.1, 0.15) is 0 Å². The Morgan fingerprint density at radius 2 is 0.607 bits per heavy atom. The predicted molar refractivity (Wildman–Crippen MR) is 105 cm³/mol. The molecule has 4 nitrogen and oxygen atoms in total. The van der Waals surface area contributed by atoms with E-state index in [9.17, 15) is 0 Å². The third-order valence-electron chi connectivity index (χ3n) is 5.45. The van der Waals surface area contributed by atoms with Crippen LogP contribution in [-0.2, 0) is 26.2 Å². The fraction of sp³-hybridized carbons (Fsp3) is 0.167. The predicted octanol–water partition coefficient (Wildman–Crippen LogP) is 1.88. The zero-order chi connectivity index (χ0) is 18.8. The summed E-state index contributed by atoms with van der Waals surface area (Å²) in [6, 6.07) is 25.4. The number of hydrogen-bond acceptors (Lipinski definition) is 0. The molecule has 0 atom stereocenters. The molecule has 0 N–H and O–H groups in total. The number of aromatic nitrogens is 4. The van der Waals surface area contributed by atoms with E-state index in [1.54, 1.807) is 0 Å². The lowest BCUT2D eigenvalue weighted by Crippen LogP contribution is -2.52. The molecule has 0 fully saturated rings. The Hall–Kier alpha value is -3.40. The summed E-state index contributed by atoms with van der Waals surface area (Å²) in [6.07, 6.45) is 8.58. The largest absolute Gasteiger partial charge is 0.277 e. The van der Waals surface area contributed by atoms with Gasteiger partial charge in [0.2, 0.25) is 26.2 Å². The SMILES string of the molecule is c1cc[n+]2c(c1)-c1cccc[n+]1CC2.c1cc[n+]2c(c1)-c1cccc[n+]1CC2. The Balaban J connectivity index is 0.000000122. The van der Waals surface area contributed by atoms with Crippen molar-refractivity contribution in [3.8, 4) is 22.8 Å². The van der Waals surface area contributed by atoms with Gasteiger partial charge in [-0.25, -0.2) is 0 Å². The van der Waals surface area contributed by atoms with Gasteiger partial charge in [0.05, 0.1) is 0 Å². The average Bonchev–Trinajstić information content (AvgIpc) is 2.79. The second-order valence-electron chi connectivity index (χ2n) is 7.12. The van der Waals surface area contributed by atoms with Crippen molar-refractivity contribution < 1.29 is 18.3 Å². The van der Waals surface area contributed by atoms with Crippen molar-refractivity contribution >= 4 is 0 Å². The Morgan fingerprint density at radius 1 is 0.357 bits per heavy atom. The standard InChI is InChI=1S/2C12H12N2/c2*1-3-7-13-9-10-14-8-4-2-6-12(14)11(13)5-1/h2*1-8H,9-10H2/q2*+2. The number of aryl methyl sites for hydroxylation is 4. The first-order valence-corrected chi connectivity index (χ1v) is 9.85. The molecule has 0 aliphatic carbocycles. The summed E-state index contributed by atoms with van der Waals surface area (Å²) < 4.78 is 9.20. The van der Waals surface area contributed by atoms with Crippen LogP contribution in [0.1, 0.15) is 0 Å². The van der Waals surface area contributed by atoms with Crippen molar-refractivity contribution in [3.05, 3.63) is 97.6 Å². The molecule has 0 saturated heterocycles. The normalized spacial score (nSPS) is 13.1. The summed E-state index contributed by atoms with van der Waals surface area (Å²) in [5.74, 6) is 0. The van der Waals surface area contributed by atoms with Gasteiger partial charge in [0.25, 0.3) is 22.8 Å². The lowest BCUT2D eigenvalue weighted by molar-refractivity contribution is -0.794. The van der Waals surface area contributed by atoms with E-state index in [4.69, 9.17) is 0 Å². The van der Waals surface area contributed by atoms with Gasteiger partial charge in [-0.2, -0.15) is 18.3 Å². The van der Waals surface area contributed by atoms with Gasteiger partial charge in [0.15, 0.2) is 24.8 Å². The van der Waals surface area contributed by atoms with E-state index in [1.165, 1.54) is 22.8 Å². The van der Waals surface area contributed by atoms with Crippen LogP contribution in [0.5, 0.6) is 0 Å². The second kappa shape index (κ2) is 7.31. The zero-order valence-corrected chi connectivity index (χ0v) is 15.9. The lowest BCUT2D eigenvalue weighted by atomic mass is 10.2. The van der Waals surface area contributed by atoms with Crippen molar-refractivity contribution in [1.29, 1.82) is 0 Å². The van der Waals surface area contributed by atoms with Gasteiger partial charge in [-0.15, -0.1) is 0 Å². The van der Waals surface area contributed by atoms with Crippen molar-refractivity contribution in [2.75, 3.05) is 0 Å². The molecule has 28 heavy (non-hydrogen) atoms. The first kappa shape index (κ1) is 16.8. The van der Waals surface area contributed by atoms with Gasteiger partial charge in [0, 0.05) is 48.5 Å². The highest BCUT2D eigenvalue weighted by molar-refractivity contribution is 5.46. The first-order valence-electron chi connectivity index (χ1n) is 9.85. The molecule has 0 amide bonds. The maximum Gasteiger partial charge on any atom is 0.277 e. The van der Waals surface area contributed by atoms with Gasteiger partial charge >= 0.3 is 0 Å². The first-order chi connectivity index (χ1) is 13.9. The van der Waals surface area contributed by atoms with Crippen molar-refractivity contribution in [3.63, 3.8) is 0 Å². The fourth-order valence-electron chi connectivity index (χ4n) is 4.05. The molecule has 0 saturated carbocycles.